The number of ether oxygens (including phenoxy) is 2. The summed E-state index contributed by atoms with van der Waals surface area (Å²) in [5.41, 5.74) is 0.0528. The maximum absolute atomic E-state index is 13.0. The van der Waals surface area contributed by atoms with E-state index < -0.39 is 5.92 Å². The van der Waals surface area contributed by atoms with Crippen LogP contribution in [0.15, 0.2) is 33.9 Å². The standard InChI is InChI=1S/C25H26N4O5/c1-3-15(24(31)34-19-9-5-4-8-18(19)33-2)7-6-10-20-26-21-22(27-20)28(16-11-12-16)25(32)29(23(21)30)17-13-14-17/h4-5,8-9,15-17H,3,7,11-14H2,1-2H3,(H,26,27). The van der Waals surface area contributed by atoms with Crippen molar-refractivity contribution in [3.8, 4) is 23.3 Å². The van der Waals surface area contributed by atoms with Gasteiger partial charge in [0, 0.05) is 18.5 Å². The van der Waals surface area contributed by atoms with Gasteiger partial charge in [-0.2, -0.15) is 0 Å². The van der Waals surface area contributed by atoms with Gasteiger partial charge in [0.25, 0.3) is 5.56 Å². The molecule has 5 rings (SSSR count). The number of nitrogens with zero attached hydrogens (tertiary/aromatic N) is 3. The monoisotopic (exact) mass is 462 g/mol. The molecule has 0 bridgehead atoms. The van der Waals surface area contributed by atoms with Crippen LogP contribution < -0.4 is 20.7 Å². The molecule has 0 radical (unpaired) electrons. The Kier molecular flexibility index (Phi) is 5.74. The average molecular weight is 463 g/mol. The molecular weight excluding hydrogens is 436 g/mol. The Labute approximate surface area is 195 Å². The van der Waals surface area contributed by atoms with Gasteiger partial charge in [-0.1, -0.05) is 25.0 Å². The summed E-state index contributed by atoms with van der Waals surface area (Å²) in [6, 6.07) is 7.03. The van der Waals surface area contributed by atoms with Crippen LogP contribution in [0.5, 0.6) is 11.5 Å². The van der Waals surface area contributed by atoms with Crippen LogP contribution in [0.4, 0.5) is 0 Å². The fourth-order valence-electron chi connectivity index (χ4n) is 4.02. The van der Waals surface area contributed by atoms with E-state index in [1.807, 2.05) is 6.92 Å². The highest BCUT2D eigenvalue weighted by Gasteiger charge is 2.34. The molecule has 0 amide bonds. The summed E-state index contributed by atoms with van der Waals surface area (Å²) in [5.74, 6) is 6.25. The lowest BCUT2D eigenvalue weighted by Gasteiger charge is -2.13. The number of hydrogen-bond donors (Lipinski definition) is 1. The van der Waals surface area contributed by atoms with E-state index in [1.165, 1.54) is 11.7 Å². The number of aromatic amines is 1. The molecule has 2 fully saturated rings. The molecule has 3 aromatic rings. The summed E-state index contributed by atoms with van der Waals surface area (Å²) in [6.07, 6.45) is 4.31. The van der Waals surface area contributed by atoms with Gasteiger partial charge < -0.3 is 14.5 Å². The highest BCUT2D eigenvalue weighted by Crippen LogP contribution is 2.36. The molecule has 1 atom stereocenters. The third kappa shape index (κ3) is 4.12. The second kappa shape index (κ2) is 8.86. The maximum Gasteiger partial charge on any atom is 0.333 e. The topological polar surface area (TPSA) is 108 Å². The number of benzene rings is 1. The van der Waals surface area contributed by atoms with E-state index in [0.29, 0.717) is 34.9 Å². The van der Waals surface area contributed by atoms with Gasteiger partial charge in [-0.05, 0) is 50.2 Å². The minimum Gasteiger partial charge on any atom is -0.493 e. The lowest BCUT2D eigenvalue weighted by Crippen LogP contribution is -2.39. The molecule has 2 aliphatic rings. The van der Waals surface area contributed by atoms with Gasteiger partial charge in [0.15, 0.2) is 28.5 Å². The molecule has 1 aromatic carbocycles. The van der Waals surface area contributed by atoms with Gasteiger partial charge in [-0.3, -0.25) is 18.7 Å². The third-order valence-electron chi connectivity index (χ3n) is 6.24. The number of methoxy groups -OCH3 is 1. The van der Waals surface area contributed by atoms with Crippen LogP contribution in [0.3, 0.4) is 0 Å². The summed E-state index contributed by atoms with van der Waals surface area (Å²) in [5, 5.41) is 0. The number of rotatable bonds is 7. The Hall–Kier alpha value is -3.80. The molecule has 1 unspecified atom stereocenters. The Bertz CT molecular complexity index is 1430. The van der Waals surface area contributed by atoms with Crippen LogP contribution in [-0.2, 0) is 4.79 Å². The molecule has 2 aliphatic carbocycles. The van der Waals surface area contributed by atoms with Crippen molar-refractivity contribution in [3.63, 3.8) is 0 Å². The minimum absolute atomic E-state index is 0.0215. The van der Waals surface area contributed by atoms with Gasteiger partial charge in [0.05, 0.1) is 13.0 Å². The Balaban J connectivity index is 1.38. The second-order valence-electron chi connectivity index (χ2n) is 8.76. The van der Waals surface area contributed by atoms with Gasteiger partial charge >= 0.3 is 11.7 Å². The number of esters is 1. The predicted octanol–water partition coefficient (Wildman–Crippen LogP) is 2.94. The lowest BCUT2D eigenvalue weighted by atomic mass is 10.0. The van der Waals surface area contributed by atoms with Crippen LogP contribution in [0, 0.1) is 17.8 Å². The highest BCUT2D eigenvalue weighted by molar-refractivity contribution is 5.76. The van der Waals surface area contributed by atoms with Crippen molar-refractivity contribution in [2.24, 2.45) is 5.92 Å². The van der Waals surface area contributed by atoms with Gasteiger partial charge in [0.1, 0.15) is 0 Å². The number of aromatic nitrogens is 4. The van der Waals surface area contributed by atoms with Crippen molar-refractivity contribution in [2.75, 3.05) is 7.11 Å². The summed E-state index contributed by atoms with van der Waals surface area (Å²) in [4.78, 5) is 46.0. The van der Waals surface area contributed by atoms with E-state index in [2.05, 4.69) is 21.8 Å². The average Bonchev–Trinajstić information content (AvgIpc) is 3.76. The van der Waals surface area contributed by atoms with Crippen LogP contribution in [-0.4, -0.2) is 32.2 Å². The zero-order chi connectivity index (χ0) is 23.8. The molecule has 34 heavy (non-hydrogen) atoms. The lowest BCUT2D eigenvalue weighted by molar-refractivity contribution is -0.139. The fourth-order valence-corrected chi connectivity index (χ4v) is 4.02. The maximum atomic E-state index is 13.0. The highest BCUT2D eigenvalue weighted by atomic mass is 16.6. The molecule has 2 aromatic heterocycles. The quantitative estimate of drug-likeness (QED) is 0.329. The molecule has 0 saturated heterocycles. The fraction of sp³-hybridized carbons (Fsp3) is 0.440. The van der Waals surface area contributed by atoms with Gasteiger partial charge in [-0.25, -0.2) is 9.78 Å². The molecule has 0 spiro atoms. The van der Waals surface area contributed by atoms with Crippen molar-refractivity contribution < 1.29 is 14.3 Å². The number of hydrogen-bond acceptors (Lipinski definition) is 6. The van der Waals surface area contributed by atoms with E-state index in [4.69, 9.17) is 9.47 Å². The van der Waals surface area contributed by atoms with Crippen LogP contribution in [0.2, 0.25) is 0 Å². The number of carbonyl (C=O) groups excluding carboxylic acids is 1. The van der Waals surface area contributed by atoms with E-state index in [1.54, 1.807) is 28.8 Å². The Morgan fingerprint density at radius 3 is 2.47 bits per heavy atom. The predicted molar refractivity (Wildman–Crippen MR) is 125 cm³/mol. The van der Waals surface area contributed by atoms with E-state index in [-0.39, 0.29) is 35.7 Å². The van der Waals surface area contributed by atoms with Crippen molar-refractivity contribution in [1.29, 1.82) is 0 Å². The summed E-state index contributed by atoms with van der Waals surface area (Å²) < 4.78 is 13.7. The minimum atomic E-state index is -0.432. The van der Waals surface area contributed by atoms with Crippen molar-refractivity contribution >= 4 is 17.1 Å². The third-order valence-corrected chi connectivity index (χ3v) is 6.24. The Morgan fingerprint density at radius 1 is 1.15 bits per heavy atom. The van der Waals surface area contributed by atoms with Crippen molar-refractivity contribution in [2.45, 2.75) is 57.5 Å². The first-order valence-corrected chi connectivity index (χ1v) is 11.6. The molecule has 0 aliphatic heterocycles. The summed E-state index contributed by atoms with van der Waals surface area (Å²) in [6.45, 7) is 1.89. The molecule has 2 heterocycles. The van der Waals surface area contributed by atoms with Crippen LogP contribution >= 0.6 is 0 Å². The Morgan fingerprint density at radius 2 is 1.82 bits per heavy atom. The summed E-state index contributed by atoms with van der Waals surface area (Å²) >= 11 is 0. The molecular formula is C25H26N4O5. The molecule has 176 valence electrons. The van der Waals surface area contributed by atoms with E-state index >= 15 is 0 Å². The SMILES string of the molecule is CCC(CC#Cc1nc2c([nH]1)c(=O)n(C1CC1)c(=O)n2C1CC1)C(=O)Oc1ccccc1OC. The largest absolute Gasteiger partial charge is 0.493 e. The smallest absolute Gasteiger partial charge is 0.333 e. The molecule has 1 N–H and O–H groups in total. The normalized spacial score (nSPS) is 16.1. The number of para-hydroxylation sites is 2. The van der Waals surface area contributed by atoms with E-state index in [0.717, 1.165) is 25.7 Å². The number of H-pyrrole nitrogens is 1. The van der Waals surface area contributed by atoms with Gasteiger partial charge in [-0.15, -0.1) is 0 Å². The zero-order valence-corrected chi connectivity index (χ0v) is 19.2. The first kappa shape index (κ1) is 22.0. The van der Waals surface area contributed by atoms with Crippen molar-refractivity contribution in [1.82, 2.24) is 19.1 Å². The molecule has 9 heteroatoms. The van der Waals surface area contributed by atoms with Crippen LogP contribution in [0.25, 0.3) is 11.2 Å². The first-order valence-electron chi connectivity index (χ1n) is 11.6. The molecule has 2 saturated carbocycles. The number of fused-ring (bicyclic) bond motifs is 1. The first-order chi connectivity index (χ1) is 16.5. The second-order valence-corrected chi connectivity index (χ2v) is 8.76. The van der Waals surface area contributed by atoms with Crippen LogP contribution in [0.1, 0.15) is 63.4 Å². The van der Waals surface area contributed by atoms with Gasteiger partial charge in [0.2, 0.25) is 0 Å². The number of nitrogens with one attached hydrogen (secondary N) is 1. The molecule has 9 nitrogen and oxygen atoms in total. The van der Waals surface area contributed by atoms with E-state index in [9.17, 15) is 14.4 Å². The summed E-state index contributed by atoms with van der Waals surface area (Å²) in [7, 11) is 1.52. The van der Waals surface area contributed by atoms with Crippen molar-refractivity contribution in [3.05, 3.63) is 50.9 Å². The number of carbonyl (C=O) groups is 1. The number of imidazole rings is 1. The zero-order valence-electron chi connectivity index (χ0n) is 19.2.